The summed E-state index contributed by atoms with van der Waals surface area (Å²) in [4.78, 5) is 29.0. The number of carbonyl (C=O) groups is 2. The highest BCUT2D eigenvalue weighted by molar-refractivity contribution is 6.01. The maximum atomic E-state index is 12.7. The molecule has 152 valence electrons. The summed E-state index contributed by atoms with van der Waals surface area (Å²) in [6, 6.07) is 5.91. The summed E-state index contributed by atoms with van der Waals surface area (Å²) >= 11 is 0. The zero-order valence-electron chi connectivity index (χ0n) is 17.0. The van der Waals surface area contributed by atoms with E-state index in [-0.39, 0.29) is 11.8 Å². The number of nitrogens with two attached hydrogens (primary N) is 1. The SMILES string of the molecule is C=C1CCC(N2Cc3cc(N4CCC(N)CC4)ccc3C2=O)C(=O)N1.CCC. The van der Waals surface area contributed by atoms with E-state index in [1.807, 2.05) is 12.1 Å². The molecule has 0 aliphatic carbocycles. The van der Waals surface area contributed by atoms with Gasteiger partial charge in [-0.25, -0.2) is 0 Å². The van der Waals surface area contributed by atoms with E-state index in [1.54, 1.807) is 4.90 Å². The first-order chi connectivity index (χ1) is 13.4. The molecule has 0 radical (unpaired) electrons. The van der Waals surface area contributed by atoms with Crippen molar-refractivity contribution in [2.75, 3.05) is 18.0 Å². The monoisotopic (exact) mass is 384 g/mol. The Hall–Kier alpha value is -2.34. The summed E-state index contributed by atoms with van der Waals surface area (Å²) in [5.41, 5.74) is 9.58. The van der Waals surface area contributed by atoms with Gasteiger partial charge in [-0.3, -0.25) is 9.59 Å². The first-order valence-corrected chi connectivity index (χ1v) is 10.4. The van der Waals surface area contributed by atoms with Crippen LogP contribution in [0.2, 0.25) is 0 Å². The molecule has 2 saturated heterocycles. The maximum absolute atomic E-state index is 12.7. The number of piperidine rings is 2. The van der Waals surface area contributed by atoms with Crippen LogP contribution in [0.3, 0.4) is 0 Å². The Bertz CT molecular complexity index is 753. The fraction of sp³-hybridized carbons (Fsp3) is 0.545. The van der Waals surface area contributed by atoms with Gasteiger partial charge in [0.25, 0.3) is 5.91 Å². The molecule has 0 bridgehead atoms. The van der Waals surface area contributed by atoms with Gasteiger partial charge in [-0.15, -0.1) is 0 Å². The van der Waals surface area contributed by atoms with Crippen molar-refractivity contribution < 1.29 is 9.59 Å². The third-order valence-corrected chi connectivity index (χ3v) is 5.52. The number of amides is 2. The molecular weight excluding hydrogens is 352 g/mol. The number of nitrogens with zero attached hydrogens (tertiary/aromatic N) is 2. The van der Waals surface area contributed by atoms with Crippen molar-refractivity contribution in [2.24, 2.45) is 5.73 Å². The summed E-state index contributed by atoms with van der Waals surface area (Å²) in [7, 11) is 0. The van der Waals surface area contributed by atoms with Gasteiger partial charge in [-0.1, -0.05) is 26.8 Å². The van der Waals surface area contributed by atoms with Crippen molar-refractivity contribution in [3.8, 4) is 0 Å². The number of anilines is 1. The lowest BCUT2D eigenvalue weighted by molar-refractivity contribution is -0.126. The average Bonchev–Trinajstić information content (AvgIpc) is 2.99. The van der Waals surface area contributed by atoms with Crippen LogP contribution in [0.4, 0.5) is 5.69 Å². The minimum atomic E-state index is -0.401. The molecule has 2 amide bonds. The van der Waals surface area contributed by atoms with E-state index < -0.39 is 6.04 Å². The van der Waals surface area contributed by atoms with Gasteiger partial charge in [-0.05, 0) is 49.4 Å². The molecule has 1 atom stereocenters. The highest BCUT2D eigenvalue weighted by Gasteiger charge is 2.38. The van der Waals surface area contributed by atoms with Crippen LogP contribution in [0.15, 0.2) is 30.5 Å². The van der Waals surface area contributed by atoms with E-state index in [9.17, 15) is 9.59 Å². The average molecular weight is 385 g/mol. The van der Waals surface area contributed by atoms with Crippen molar-refractivity contribution >= 4 is 17.5 Å². The molecule has 3 N–H and O–H groups in total. The van der Waals surface area contributed by atoms with Gasteiger partial charge < -0.3 is 20.9 Å². The molecule has 3 heterocycles. The zero-order chi connectivity index (χ0) is 20.3. The van der Waals surface area contributed by atoms with Crippen LogP contribution in [0.1, 0.15) is 61.9 Å². The summed E-state index contributed by atoms with van der Waals surface area (Å²) in [6.45, 7) is 10.5. The second-order valence-electron chi connectivity index (χ2n) is 7.95. The molecule has 2 fully saturated rings. The van der Waals surface area contributed by atoms with Crippen molar-refractivity contribution in [3.05, 3.63) is 41.6 Å². The Kier molecular flexibility index (Phi) is 6.39. The highest BCUT2D eigenvalue weighted by Crippen LogP contribution is 2.31. The van der Waals surface area contributed by atoms with E-state index in [4.69, 9.17) is 5.73 Å². The van der Waals surface area contributed by atoms with E-state index in [0.29, 0.717) is 19.0 Å². The highest BCUT2D eigenvalue weighted by atomic mass is 16.2. The van der Waals surface area contributed by atoms with E-state index in [2.05, 4.69) is 36.7 Å². The second kappa shape index (κ2) is 8.78. The number of fused-ring (bicyclic) bond motifs is 1. The van der Waals surface area contributed by atoms with Crippen LogP contribution in [-0.4, -0.2) is 41.9 Å². The largest absolute Gasteiger partial charge is 0.371 e. The smallest absolute Gasteiger partial charge is 0.255 e. The summed E-state index contributed by atoms with van der Waals surface area (Å²) in [6.07, 6.45) is 4.60. The van der Waals surface area contributed by atoms with Crippen LogP contribution in [-0.2, 0) is 11.3 Å². The fourth-order valence-corrected chi connectivity index (χ4v) is 4.00. The van der Waals surface area contributed by atoms with Crippen LogP contribution >= 0.6 is 0 Å². The lowest BCUT2D eigenvalue weighted by atomic mass is 10.0. The van der Waals surface area contributed by atoms with Crippen LogP contribution < -0.4 is 16.0 Å². The van der Waals surface area contributed by atoms with Gasteiger partial charge in [0.05, 0.1) is 0 Å². The number of rotatable bonds is 2. The normalized spacial score (nSPS) is 22.5. The quantitative estimate of drug-likeness (QED) is 0.822. The summed E-state index contributed by atoms with van der Waals surface area (Å²) in [5, 5.41) is 2.77. The molecule has 1 aromatic carbocycles. The van der Waals surface area contributed by atoms with E-state index >= 15 is 0 Å². The molecule has 4 rings (SSSR count). The van der Waals surface area contributed by atoms with Gasteiger partial charge >= 0.3 is 0 Å². The molecule has 0 saturated carbocycles. The lowest BCUT2D eigenvalue weighted by Crippen LogP contribution is -2.49. The number of hydrogen-bond acceptors (Lipinski definition) is 4. The Morgan fingerprint density at radius 2 is 1.86 bits per heavy atom. The standard InChI is InChI=1S/C19H24N4O2.C3H8/c1-12-2-5-17(18(24)21-12)23-11-13-10-15(3-4-16(13)19(23)25)22-8-6-14(20)7-9-22;1-3-2/h3-4,10,14,17H,1-2,5-9,11,20H2,(H,21,24);3H2,1-2H3. The lowest BCUT2D eigenvalue weighted by Gasteiger charge is -2.32. The molecule has 3 aliphatic heterocycles. The number of nitrogens with one attached hydrogen (secondary N) is 1. The van der Waals surface area contributed by atoms with Crippen molar-refractivity contribution in [1.29, 1.82) is 0 Å². The van der Waals surface area contributed by atoms with E-state index in [0.717, 1.165) is 54.9 Å². The third-order valence-electron chi connectivity index (χ3n) is 5.52. The van der Waals surface area contributed by atoms with Crippen molar-refractivity contribution in [3.63, 3.8) is 0 Å². The van der Waals surface area contributed by atoms with Gasteiger partial charge in [0.1, 0.15) is 6.04 Å². The Balaban J connectivity index is 0.000000706. The third kappa shape index (κ3) is 4.22. The number of carbonyl (C=O) groups excluding carboxylic acids is 2. The Labute approximate surface area is 167 Å². The molecule has 3 aliphatic rings. The Morgan fingerprint density at radius 3 is 2.50 bits per heavy atom. The van der Waals surface area contributed by atoms with E-state index in [1.165, 1.54) is 6.42 Å². The predicted molar refractivity (Wildman–Crippen MR) is 112 cm³/mol. The predicted octanol–water partition coefficient (Wildman–Crippen LogP) is 2.78. The minimum absolute atomic E-state index is 0.0464. The van der Waals surface area contributed by atoms with Gasteiger partial charge in [0.15, 0.2) is 0 Å². The zero-order valence-corrected chi connectivity index (χ0v) is 17.0. The topological polar surface area (TPSA) is 78.7 Å². The molecule has 28 heavy (non-hydrogen) atoms. The minimum Gasteiger partial charge on any atom is -0.371 e. The molecule has 6 heteroatoms. The summed E-state index contributed by atoms with van der Waals surface area (Å²) in [5.74, 6) is -0.169. The Morgan fingerprint density at radius 1 is 1.18 bits per heavy atom. The maximum Gasteiger partial charge on any atom is 0.255 e. The number of benzene rings is 1. The first kappa shape index (κ1) is 20.4. The van der Waals surface area contributed by atoms with Gasteiger partial charge in [0, 0.05) is 42.6 Å². The molecular formula is C22H32N4O2. The molecule has 0 aromatic heterocycles. The molecule has 6 nitrogen and oxygen atoms in total. The van der Waals surface area contributed by atoms with Crippen LogP contribution in [0, 0.1) is 0 Å². The fourth-order valence-electron chi connectivity index (χ4n) is 4.00. The van der Waals surface area contributed by atoms with Gasteiger partial charge in [0.2, 0.25) is 5.91 Å². The molecule has 1 unspecified atom stereocenters. The first-order valence-electron chi connectivity index (χ1n) is 10.4. The number of hydrogen-bond donors (Lipinski definition) is 2. The summed E-state index contributed by atoms with van der Waals surface area (Å²) < 4.78 is 0. The second-order valence-corrected chi connectivity index (χ2v) is 7.95. The van der Waals surface area contributed by atoms with Gasteiger partial charge in [-0.2, -0.15) is 0 Å². The molecule has 0 spiro atoms. The van der Waals surface area contributed by atoms with Crippen molar-refractivity contribution in [2.45, 2.75) is 64.6 Å². The number of allylic oxidation sites excluding steroid dienone is 1. The van der Waals surface area contributed by atoms with Crippen LogP contribution in [0.5, 0.6) is 0 Å². The van der Waals surface area contributed by atoms with Crippen molar-refractivity contribution in [1.82, 2.24) is 10.2 Å². The molecule has 1 aromatic rings. The van der Waals surface area contributed by atoms with Crippen LogP contribution in [0.25, 0.3) is 0 Å².